The van der Waals surface area contributed by atoms with Gasteiger partial charge in [-0.25, -0.2) is 0 Å². The maximum Gasteiger partial charge on any atom is 0.221 e. The molecule has 0 aliphatic carbocycles. The third-order valence-corrected chi connectivity index (χ3v) is 2.05. The zero-order chi connectivity index (χ0) is 11.5. The van der Waals surface area contributed by atoms with E-state index in [4.69, 9.17) is 5.73 Å². The first-order valence-electron chi connectivity index (χ1n) is 4.83. The number of aromatic nitrogens is 3. The van der Waals surface area contributed by atoms with Crippen LogP contribution in [0.1, 0.15) is 26.0 Å². The van der Waals surface area contributed by atoms with Crippen molar-refractivity contribution >= 4 is 5.91 Å². The molecule has 6 heteroatoms. The number of carbonyl (C=O) groups excluding carboxylic acids is 1. The van der Waals surface area contributed by atoms with Crippen molar-refractivity contribution in [2.75, 3.05) is 7.05 Å². The Morgan fingerprint density at radius 3 is 2.80 bits per heavy atom. The van der Waals surface area contributed by atoms with Gasteiger partial charge in [-0.05, 0) is 13.8 Å². The van der Waals surface area contributed by atoms with Crippen LogP contribution in [-0.4, -0.2) is 27.9 Å². The molecule has 0 bridgehead atoms. The molecule has 0 aliphatic rings. The predicted octanol–water partition coefficient (Wildman–Crippen LogP) is -0.392. The van der Waals surface area contributed by atoms with Crippen LogP contribution in [0.5, 0.6) is 0 Å². The van der Waals surface area contributed by atoms with Crippen molar-refractivity contribution in [2.24, 2.45) is 5.73 Å². The third kappa shape index (κ3) is 3.32. The molecular formula is C9H17N5O. The van der Waals surface area contributed by atoms with Crippen molar-refractivity contribution < 1.29 is 4.79 Å². The lowest BCUT2D eigenvalue weighted by molar-refractivity contribution is -0.120. The van der Waals surface area contributed by atoms with Crippen LogP contribution in [0, 0.1) is 0 Å². The number of rotatable bonds is 4. The molecule has 0 saturated heterocycles. The molecule has 0 unspecified atom stereocenters. The van der Waals surface area contributed by atoms with Gasteiger partial charge in [-0.15, -0.1) is 5.10 Å². The molecule has 15 heavy (non-hydrogen) atoms. The van der Waals surface area contributed by atoms with Gasteiger partial charge in [0.15, 0.2) is 0 Å². The minimum Gasteiger partial charge on any atom is -0.359 e. The van der Waals surface area contributed by atoms with Gasteiger partial charge in [-0.1, -0.05) is 5.21 Å². The minimum absolute atomic E-state index is 0.0148. The fourth-order valence-electron chi connectivity index (χ4n) is 1.04. The average Bonchev–Trinajstić information content (AvgIpc) is 2.61. The molecule has 0 saturated carbocycles. The van der Waals surface area contributed by atoms with Crippen molar-refractivity contribution in [1.29, 1.82) is 0 Å². The Labute approximate surface area is 88.8 Å². The summed E-state index contributed by atoms with van der Waals surface area (Å²) in [6.07, 6.45) is 2.16. The van der Waals surface area contributed by atoms with Gasteiger partial charge < -0.3 is 11.1 Å². The van der Waals surface area contributed by atoms with E-state index < -0.39 is 5.54 Å². The van der Waals surface area contributed by atoms with Gasteiger partial charge in [-0.2, -0.15) is 0 Å². The number of aryl methyl sites for hydroxylation is 1. The van der Waals surface area contributed by atoms with E-state index in [-0.39, 0.29) is 5.91 Å². The lowest BCUT2D eigenvalue weighted by atomic mass is 10.0. The summed E-state index contributed by atoms with van der Waals surface area (Å²) in [5, 5.41) is 10.4. The number of nitrogens with two attached hydrogens (primary N) is 1. The van der Waals surface area contributed by atoms with Gasteiger partial charge in [0, 0.05) is 13.5 Å². The standard InChI is InChI=1S/C9H17N5O/c1-9(2,10)7-6-14(13-12-7)5-4-8(15)11-3/h6H,4-5,10H2,1-3H3,(H,11,15). The van der Waals surface area contributed by atoms with Gasteiger partial charge in [0.2, 0.25) is 5.91 Å². The molecule has 1 aromatic rings. The second-order valence-corrected chi connectivity index (χ2v) is 4.01. The fourth-order valence-corrected chi connectivity index (χ4v) is 1.04. The number of nitrogens with zero attached hydrogens (tertiary/aromatic N) is 3. The second-order valence-electron chi connectivity index (χ2n) is 4.01. The Bertz CT molecular complexity index is 339. The van der Waals surface area contributed by atoms with Crippen molar-refractivity contribution in [3.05, 3.63) is 11.9 Å². The van der Waals surface area contributed by atoms with Crippen molar-refractivity contribution in [3.63, 3.8) is 0 Å². The second kappa shape index (κ2) is 4.39. The Hall–Kier alpha value is -1.43. The first-order valence-corrected chi connectivity index (χ1v) is 4.83. The highest BCUT2D eigenvalue weighted by Gasteiger charge is 2.18. The lowest BCUT2D eigenvalue weighted by Gasteiger charge is -2.13. The zero-order valence-electron chi connectivity index (χ0n) is 9.32. The monoisotopic (exact) mass is 211 g/mol. The normalized spacial score (nSPS) is 11.5. The lowest BCUT2D eigenvalue weighted by Crippen LogP contribution is -2.29. The summed E-state index contributed by atoms with van der Waals surface area (Å²) in [6, 6.07) is 0. The highest BCUT2D eigenvalue weighted by Crippen LogP contribution is 2.12. The Balaban J connectivity index is 2.58. The summed E-state index contributed by atoms with van der Waals surface area (Å²) >= 11 is 0. The smallest absolute Gasteiger partial charge is 0.221 e. The minimum atomic E-state index is -0.495. The van der Waals surface area contributed by atoms with Crippen LogP contribution < -0.4 is 11.1 Å². The van der Waals surface area contributed by atoms with Gasteiger partial charge in [0.05, 0.1) is 18.3 Å². The number of nitrogens with one attached hydrogen (secondary N) is 1. The first-order chi connectivity index (χ1) is 6.93. The van der Waals surface area contributed by atoms with E-state index in [9.17, 15) is 4.79 Å². The van der Waals surface area contributed by atoms with Crippen LogP contribution in [-0.2, 0) is 16.9 Å². The zero-order valence-corrected chi connectivity index (χ0v) is 9.32. The highest BCUT2D eigenvalue weighted by atomic mass is 16.1. The molecule has 1 aromatic heterocycles. The molecule has 6 nitrogen and oxygen atoms in total. The number of hydrogen-bond acceptors (Lipinski definition) is 4. The molecule has 0 aliphatic heterocycles. The highest BCUT2D eigenvalue weighted by molar-refractivity contribution is 5.75. The Morgan fingerprint density at radius 2 is 2.33 bits per heavy atom. The van der Waals surface area contributed by atoms with Crippen molar-refractivity contribution in [3.8, 4) is 0 Å². The summed E-state index contributed by atoms with van der Waals surface area (Å²) < 4.78 is 1.62. The summed E-state index contributed by atoms with van der Waals surface area (Å²) in [6.45, 7) is 4.24. The summed E-state index contributed by atoms with van der Waals surface area (Å²) in [4.78, 5) is 11.0. The molecule has 1 rings (SSSR count). The molecule has 0 aromatic carbocycles. The third-order valence-electron chi connectivity index (χ3n) is 2.05. The van der Waals surface area contributed by atoms with Gasteiger partial charge >= 0.3 is 0 Å². The molecule has 1 heterocycles. The van der Waals surface area contributed by atoms with Crippen LogP contribution in [0.3, 0.4) is 0 Å². The van der Waals surface area contributed by atoms with Crippen LogP contribution in [0.2, 0.25) is 0 Å². The number of amides is 1. The largest absolute Gasteiger partial charge is 0.359 e. The maximum absolute atomic E-state index is 11.0. The Morgan fingerprint density at radius 1 is 1.67 bits per heavy atom. The van der Waals surface area contributed by atoms with Crippen molar-refractivity contribution in [1.82, 2.24) is 20.3 Å². The average molecular weight is 211 g/mol. The van der Waals surface area contributed by atoms with Crippen LogP contribution in [0.15, 0.2) is 6.20 Å². The van der Waals surface area contributed by atoms with E-state index in [1.807, 2.05) is 13.8 Å². The van der Waals surface area contributed by atoms with Crippen LogP contribution in [0.4, 0.5) is 0 Å². The molecule has 0 radical (unpaired) electrons. The summed E-state index contributed by atoms with van der Waals surface area (Å²) in [7, 11) is 1.61. The molecule has 1 amide bonds. The number of hydrogen-bond donors (Lipinski definition) is 2. The van der Waals surface area contributed by atoms with Crippen LogP contribution in [0.25, 0.3) is 0 Å². The molecule has 0 spiro atoms. The van der Waals surface area contributed by atoms with Crippen LogP contribution >= 0.6 is 0 Å². The van der Waals surface area contributed by atoms with E-state index >= 15 is 0 Å². The van der Waals surface area contributed by atoms with Gasteiger partial charge in [0.25, 0.3) is 0 Å². The molecule has 84 valence electrons. The van der Waals surface area contributed by atoms with E-state index in [1.54, 1.807) is 17.9 Å². The predicted molar refractivity (Wildman–Crippen MR) is 55.9 cm³/mol. The maximum atomic E-state index is 11.0. The van der Waals surface area contributed by atoms with Gasteiger partial charge in [0.1, 0.15) is 5.69 Å². The van der Waals surface area contributed by atoms with Gasteiger partial charge in [-0.3, -0.25) is 9.48 Å². The van der Waals surface area contributed by atoms with E-state index in [0.29, 0.717) is 13.0 Å². The Kier molecular flexibility index (Phi) is 3.41. The molecule has 3 N–H and O–H groups in total. The molecular weight excluding hydrogens is 194 g/mol. The first kappa shape index (κ1) is 11.6. The molecule has 0 atom stereocenters. The fraction of sp³-hybridized carbons (Fsp3) is 0.667. The quantitative estimate of drug-likeness (QED) is 0.710. The van der Waals surface area contributed by atoms with E-state index in [1.165, 1.54) is 0 Å². The van der Waals surface area contributed by atoms with E-state index in [2.05, 4.69) is 15.6 Å². The summed E-state index contributed by atoms with van der Waals surface area (Å²) in [5.41, 5.74) is 6.08. The van der Waals surface area contributed by atoms with E-state index in [0.717, 1.165) is 5.69 Å². The number of carbonyl (C=O) groups is 1. The molecule has 0 fully saturated rings. The topological polar surface area (TPSA) is 85.8 Å². The summed E-state index contributed by atoms with van der Waals surface area (Å²) in [5.74, 6) is -0.0148. The SMILES string of the molecule is CNC(=O)CCn1cc(C(C)(C)N)nn1. The van der Waals surface area contributed by atoms with Crippen molar-refractivity contribution in [2.45, 2.75) is 32.4 Å².